The maximum atomic E-state index is 12.3. The molecule has 1 amide bonds. The average molecular weight is 313 g/mol. The Labute approximate surface area is 137 Å². The Balaban J connectivity index is 2.04. The van der Waals surface area contributed by atoms with Crippen LogP contribution < -0.4 is 10.1 Å². The molecule has 0 radical (unpaired) electrons. The van der Waals surface area contributed by atoms with Gasteiger partial charge < -0.3 is 14.8 Å². The molecule has 0 aliphatic carbocycles. The smallest absolute Gasteiger partial charge is 0.251 e. The van der Waals surface area contributed by atoms with Crippen LogP contribution in [-0.4, -0.2) is 19.6 Å². The molecule has 4 nitrogen and oxygen atoms in total. The van der Waals surface area contributed by atoms with Crippen molar-refractivity contribution < 1.29 is 14.3 Å². The zero-order valence-electron chi connectivity index (χ0n) is 13.9. The van der Waals surface area contributed by atoms with Gasteiger partial charge in [0.2, 0.25) is 0 Å². The number of benzene rings is 2. The number of hydrogen-bond donors (Lipinski definition) is 1. The number of rotatable bonds is 7. The maximum Gasteiger partial charge on any atom is 0.251 e. The molecule has 0 aromatic heterocycles. The lowest BCUT2D eigenvalue weighted by atomic mass is 10.1. The summed E-state index contributed by atoms with van der Waals surface area (Å²) in [6, 6.07) is 13.5. The highest BCUT2D eigenvalue weighted by Crippen LogP contribution is 2.21. The molecule has 0 fully saturated rings. The number of nitrogens with one attached hydrogen (secondary N) is 1. The minimum Gasteiger partial charge on any atom is -0.496 e. The Morgan fingerprint density at radius 3 is 2.52 bits per heavy atom. The normalized spacial score (nSPS) is 10.4. The molecule has 0 bridgehead atoms. The first-order valence-corrected chi connectivity index (χ1v) is 7.72. The van der Waals surface area contributed by atoms with Crippen molar-refractivity contribution in [2.45, 2.75) is 27.0 Å². The van der Waals surface area contributed by atoms with Crippen molar-refractivity contribution in [3.63, 3.8) is 0 Å². The number of carbonyl (C=O) groups excluding carboxylic acids is 1. The molecule has 0 aliphatic rings. The van der Waals surface area contributed by atoms with Gasteiger partial charge in [-0.25, -0.2) is 0 Å². The van der Waals surface area contributed by atoms with Crippen LogP contribution in [0, 0.1) is 6.92 Å². The molecule has 1 N–H and O–H groups in total. The van der Waals surface area contributed by atoms with Gasteiger partial charge in [-0.2, -0.15) is 0 Å². The Morgan fingerprint density at radius 2 is 1.87 bits per heavy atom. The van der Waals surface area contributed by atoms with E-state index in [0.29, 0.717) is 25.3 Å². The first-order chi connectivity index (χ1) is 11.1. The van der Waals surface area contributed by atoms with Crippen LogP contribution in [-0.2, 0) is 17.9 Å². The number of carbonyl (C=O) groups is 1. The van der Waals surface area contributed by atoms with E-state index in [9.17, 15) is 4.79 Å². The highest BCUT2D eigenvalue weighted by molar-refractivity contribution is 5.94. The van der Waals surface area contributed by atoms with E-state index in [1.807, 2.05) is 44.2 Å². The Morgan fingerprint density at radius 1 is 1.13 bits per heavy atom. The van der Waals surface area contributed by atoms with Crippen molar-refractivity contribution in [2.75, 3.05) is 13.7 Å². The van der Waals surface area contributed by atoms with Crippen LogP contribution >= 0.6 is 0 Å². The maximum absolute atomic E-state index is 12.3. The fourth-order valence-corrected chi connectivity index (χ4v) is 2.23. The molecule has 0 saturated heterocycles. The molecule has 0 saturated carbocycles. The van der Waals surface area contributed by atoms with Crippen molar-refractivity contribution >= 4 is 5.91 Å². The standard InChI is InChI=1S/C19H23NO3/c1-4-23-13-17-11-16(9-10-18(17)22-3)19(21)20-12-15-7-5-14(2)6-8-15/h5-11H,4,12-13H2,1-3H3,(H,20,21). The first kappa shape index (κ1) is 17.0. The van der Waals surface area contributed by atoms with Gasteiger partial charge in [-0.1, -0.05) is 29.8 Å². The van der Waals surface area contributed by atoms with Gasteiger partial charge >= 0.3 is 0 Å². The second kappa shape index (κ2) is 8.34. The molecule has 2 aromatic carbocycles. The third kappa shape index (κ3) is 4.83. The number of methoxy groups -OCH3 is 1. The Kier molecular flexibility index (Phi) is 6.18. The van der Waals surface area contributed by atoms with Crippen LogP contribution in [0.4, 0.5) is 0 Å². The summed E-state index contributed by atoms with van der Waals surface area (Å²) >= 11 is 0. The summed E-state index contributed by atoms with van der Waals surface area (Å²) in [4.78, 5) is 12.3. The van der Waals surface area contributed by atoms with Gasteiger partial charge in [0.1, 0.15) is 5.75 Å². The molecule has 0 heterocycles. The van der Waals surface area contributed by atoms with Gasteiger partial charge in [-0.15, -0.1) is 0 Å². The summed E-state index contributed by atoms with van der Waals surface area (Å²) in [6.07, 6.45) is 0. The van der Waals surface area contributed by atoms with Crippen molar-refractivity contribution in [2.24, 2.45) is 0 Å². The second-order valence-corrected chi connectivity index (χ2v) is 5.33. The summed E-state index contributed by atoms with van der Waals surface area (Å²) in [5.41, 5.74) is 3.76. The number of ether oxygens (including phenoxy) is 2. The molecular weight excluding hydrogens is 290 g/mol. The zero-order chi connectivity index (χ0) is 16.7. The predicted molar refractivity (Wildman–Crippen MR) is 90.7 cm³/mol. The van der Waals surface area contributed by atoms with E-state index in [1.54, 1.807) is 19.2 Å². The molecule has 0 aliphatic heterocycles. The largest absolute Gasteiger partial charge is 0.496 e. The molecule has 0 atom stereocenters. The van der Waals surface area contributed by atoms with Gasteiger partial charge in [0.15, 0.2) is 0 Å². The van der Waals surface area contributed by atoms with Crippen LogP contribution in [0.3, 0.4) is 0 Å². The molecule has 2 rings (SSSR count). The highest BCUT2D eigenvalue weighted by Gasteiger charge is 2.10. The van der Waals surface area contributed by atoms with Crippen molar-refractivity contribution in [3.8, 4) is 5.75 Å². The molecule has 0 unspecified atom stereocenters. The highest BCUT2D eigenvalue weighted by atomic mass is 16.5. The summed E-state index contributed by atoms with van der Waals surface area (Å²) < 4.78 is 10.7. The lowest BCUT2D eigenvalue weighted by Gasteiger charge is -2.11. The third-order valence-electron chi connectivity index (χ3n) is 3.58. The zero-order valence-corrected chi connectivity index (χ0v) is 13.9. The summed E-state index contributed by atoms with van der Waals surface area (Å²) in [6.45, 7) is 5.53. The number of hydrogen-bond acceptors (Lipinski definition) is 3. The molecular formula is C19H23NO3. The van der Waals surface area contributed by atoms with E-state index in [2.05, 4.69) is 5.32 Å². The molecule has 0 spiro atoms. The lowest BCUT2D eigenvalue weighted by molar-refractivity contribution is 0.0950. The minimum absolute atomic E-state index is 0.106. The van der Waals surface area contributed by atoms with Crippen LogP contribution in [0.1, 0.15) is 34.0 Å². The van der Waals surface area contributed by atoms with Crippen molar-refractivity contribution in [3.05, 3.63) is 64.7 Å². The van der Waals surface area contributed by atoms with Crippen LogP contribution in [0.15, 0.2) is 42.5 Å². The van der Waals surface area contributed by atoms with E-state index in [1.165, 1.54) is 5.56 Å². The monoisotopic (exact) mass is 313 g/mol. The number of aryl methyl sites for hydroxylation is 1. The van der Waals surface area contributed by atoms with E-state index >= 15 is 0 Å². The van der Waals surface area contributed by atoms with E-state index in [0.717, 1.165) is 16.9 Å². The quantitative estimate of drug-likeness (QED) is 0.851. The van der Waals surface area contributed by atoms with E-state index in [-0.39, 0.29) is 5.91 Å². The number of amides is 1. The van der Waals surface area contributed by atoms with Crippen LogP contribution in [0.5, 0.6) is 5.75 Å². The molecule has 122 valence electrons. The van der Waals surface area contributed by atoms with Crippen LogP contribution in [0.2, 0.25) is 0 Å². The average Bonchev–Trinajstić information content (AvgIpc) is 2.58. The molecule has 23 heavy (non-hydrogen) atoms. The first-order valence-electron chi connectivity index (χ1n) is 7.72. The van der Waals surface area contributed by atoms with Crippen molar-refractivity contribution in [1.29, 1.82) is 0 Å². The van der Waals surface area contributed by atoms with E-state index < -0.39 is 0 Å². The molecule has 4 heteroatoms. The van der Waals surface area contributed by atoms with Crippen LogP contribution in [0.25, 0.3) is 0 Å². The third-order valence-corrected chi connectivity index (χ3v) is 3.58. The van der Waals surface area contributed by atoms with Gasteiger partial charge in [0, 0.05) is 24.3 Å². The van der Waals surface area contributed by atoms with Gasteiger partial charge in [-0.05, 0) is 37.6 Å². The second-order valence-electron chi connectivity index (χ2n) is 5.33. The summed E-state index contributed by atoms with van der Waals surface area (Å²) in [7, 11) is 1.61. The van der Waals surface area contributed by atoms with Gasteiger partial charge in [0.05, 0.1) is 13.7 Å². The fraction of sp³-hybridized carbons (Fsp3) is 0.316. The summed E-state index contributed by atoms with van der Waals surface area (Å²) in [5, 5.41) is 2.93. The minimum atomic E-state index is -0.106. The summed E-state index contributed by atoms with van der Waals surface area (Å²) in [5.74, 6) is 0.625. The lowest BCUT2D eigenvalue weighted by Crippen LogP contribution is -2.23. The van der Waals surface area contributed by atoms with Crippen molar-refractivity contribution in [1.82, 2.24) is 5.32 Å². The van der Waals surface area contributed by atoms with E-state index in [4.69, 9.17) is 9.47 Å². The predicted octanol–water partition coefficient (Wildman–Crippen LogP) is 3.47. The van der Waals surface area contributed by atoms with Gasteiger partial charge in [-0.3, -0.25) is 4.79 Å². The Bertz CT molecular complexity index is 650. The Hall–Kier alpha value is -2.33. The SMILES string of the molecule is CCOCc1cc(C(=O)NCc2ccc(C)cc2)ccc1OC. The fourth-order valence-electron chi connectivity index (χ4n) is 2.23. The topological polar surface area (TPSA) is 47.6 Å². The molecule has 2 aromatic rings. The van der Waals surface area contributed by atoms with Gasteiger partial charge in [0.25, 0.3) is 5.91 Å².